The van der Waals surface area contributed by atoms with Gasteiger partial charge in [-0.05, 0) is 36.3 Å². The van der Waals surface area contributed by atoms with Crippen molar-refractivity contribution in [3.8, 4) is 0 Å². The SMILES string of the molecule is CCN(CC)C[C@@H](O)C1c2ccccc2N(C(C)=O)c2ccccc21. The molecular formula is C21H26N2O2. The number of amides is 1. The highest BCUT2D eigenvalue weighted by Crippen LogP contribution is 2.46. The van der Waals surface area contributed by atoms with E-state index < -0.39 is 6.10 Å². The molecule has 2 aromatic carbocycles. The molecule has 4 heteroatoms. The quantitative estimate of drug-likeness (QED) is 0.907. The third kappa shape index (κ3) is 3.20. The van der Waals surface area contributed by atoms with Gasteiger partial charge in [-0.25, -0.2) is 0 Å². The van der Waals surface area contributed by atoms with Gasteiger partial charge in [-0.3, -0.25) is 9.69 Å². The fourth-order valence-electron chi connectivity index (χ4n) is 3.81. The van der Waals surface area contributed by atoms with E-state index in [0.717, 1.165) is 35.6 Å². The van der Waals surface area contributed by atoms with Crippen LogP contribution in [0.3, 0.4) is 0 Å². The van der Waals surface area contributed by atoms with Crippen LogP contribution in [0.15, 0.2) is 48.5 Å². The standard InChI is InChI=1S/C21H26N2O2/c1-4-22(5-2)14-20(25)21-16-10-6-8-12-18(16)23(15(3)24)19-13-9-7-11-17(19)21/h6-13,20-21,25H,4-5,14H2,1-3H3/t20-/m1/s1. The monoisotopic (exact) mass is 338 g/mol. The third-order valence-corrected chi connectivity index (χ3v) is 5.06. The molecule has 0 aromatic heterocycles. The van der Waals surface area contributed by atoms with E-state index in [2.05, 4.69) is 18.7 Å². The number of carbonyl (C=O) groups excluding carboxylic acids is 1. The summed E-state index contributed by atoms with van der Waals surface area (Å²) < 4.78 is 0. The van der Waals surface area contributed by atoms with Crippen molar-refractivity contribution in [2.24, 2.45) is 0 Å². The fraction of sp³-hybridized carbons (Fsp3) is 0.381. The lowest BCUT2D eigenvalue weighted by Gasteiger charge is -2.38. The Bertz CT molecular complexity index is 708. The molecule has 0 saturated carbocycles. The van der Waals surface area contributed by atoms with Crippen LogP contribution < -0.4 is 4.90 Å². The Kier molecular flexibility index (Phi) is 5.21. The van der Waals surface area contributed by atoms with Crippen LogP contribution in [0.25, 0.3) is 0 Å². The minimum Gasteiger partial charge on any atom is -0.391 e. The van der Waals surface area contributed by atoms with E-state index in [9.17, 15) is 9.90 Å². The van der Waals surface area contributed by atoms with Gasteiger partial charge in [0.05, 0.1) is 17.5 Å². The van der Waals surface area contributed by atoms with Crippen molar-refractivity contribution in [3.63, 3.8) is 0 Å². The number of hydrogen-bond acceptors (Lipinski definition) is 3. The molecule has 0 fully saturated rings. The molecule has 4 nitrogen and oxygen atoms in total. The molecule has 1 N–H and O–H groups in total. The number of hydrogen-bond donors (Lipinski definition) is 1. The molecule has 1 atom stereocenters. The first-order chi connectivity index (χ1) is 12.1. The van der Waals surface area contributed by atoms with Crippen molar-refractivity contribution >= 4 is 17.3 Å². The molecule has 1 aliphatic rings. The van der Waals surface area contributed by atoms with Crippen LogP contribution in [0.5, 0.6) is 0 Å². The number of aliphatic hydroxyl groups excluding tert-OH is 1. The number of likely N-dealkylation sites (N-methyl/N-ethyl adjacent to an activating group) is 1. The Hall–Kier alpha value is -2.17. The van der Waals surface area contributed by atoms with Crippen LogP contribution in [0.1, 0.15) is 37.8 Å². The summed E-state index contributed by atoms with van der Waals surface area (Å²) in [6, 6.07) is 15.8. The first kappa shape index (κ1) is 17.6. The van der Waals surface area contributed by atoms with E-state index in [1.807, 2.05) is 48.5 Å². The highest BCUT2D eigenvalue weighted by molar-refractivity contribution is 6.02. The smallest absolute Gasteiger partial charge is 0.228 e. The largest absolute Gasteiger partial charge is 0.391 e. The van der Waals surface area contributed by atoms with E-state index in [1.165, 1.54) is 0 Å². The van der Waals surface area contributed by atoms with Crippen molar-refractivity contribution in [1.29, 1.82) is 0 Å². The maximum Gasteiger partial charge on any atom is 0.228 e. The molecule has 0 unspecified atom stereocenters. The second kappa shape index (κ2) is 7.38. The normalized spacial score (nSPS) is 15.0. The second-order valence-corrected chi connectivity index (χ2v) is 6.50. The summed E-state index contributed by atoms with van der Waals surface area (Å²) in [5.41, 5.74) is 3.77. The van der Waals surface area contributed by atoms with Crippen LogP contribution >= 0.6 is 0 Å². The van der Waals surface area contributed by atoms with Crippen molar-refractivity contribution in [1.82, 2.24) is 4.90 Å². The zero-order chi connectivity index (χ0) is 18.0. The van der Waals surface area contributed by atoms with Gasteiger partial charge in [0.15, 0.2) is 0 Å². The molecule has 0 bridgehead atoms. The predicted octanol–water partition coefficient (Wildman–Crippen LogP) is 3.52. The molecule has 0 aliphatic carbocycles. The van der Waals surface area contributed by atoms with E-state index in [0.29, 0.717) is 6.54 Å². The lowest BCUT2D eigenvalue weighted by Crippen LogP contribution is -2.39. The lowest BCUT2D eigenvalue weighted by atomic mass is 9.81. The van der Waals surface area contributed by atoms with Gasteiger partial charge < -0.3 is 10.0 Å². The third-order valence-electron chi connectivity index (χ3n) is 5.06. The van der Waals surface area contributed by atoms with Gasteiger partial charge in [-0.15, -0.1) is 0 Å². The molecule has 0 saturated heterocycles. The molecule has 3 rings (SSSR count). The summed E-state index contributed by atoms with van der Waals surface area (Å²) in [4.78, 5) is 16.3. The zero-order valence-electron chi connectivity index (χ0n) is 15.1. The Balaban J connectivity index is 2.11. The second-order valence-electron chi connectivity index (χ2n) is 6.50. The average molecular weight is 338 g/mol. The summed E-state index contributed by atoms with van der Waals surface area (Å²) in [5.74, 6) is -0.153. The molecule has 132 valence electrons. The molecule has 2 aromatic rings. The molecule has 1 heterocycles. The van der Waals surface area contributed by atoms with Crippen LogP contribution in [0.4, 0.5) is 11.4 Å². The molecule has 0 spiro atoms. The molecular weight excluding hydrogens is 312 g/mol. The van der Waals surface area contributed by atoms with Crippen molar-refractivity contribution in [2.75, 3.05) is 24.5 Å². The van der Waals surface area contributed by atoms with E-state index in [-0.39, 0.29) is 11.8 Å². The van der Waals surface area contributed by atoms with Crippen molar-refractivity contribution < 1.29 is 9.90 Å². The number of benzene rings is 2. The van der Waals surface area contributed by atoms with Crippen molar-refractivity contribution in [3.05, 3.63) is 59.7 Å². The summed E-state index contributed by atoms with van der Waals surface area (Å²) in [6.07, 6.45) is -0.531. The average Bonchev–Trinajstić information content (AvgIpc) is 2.63. The van der Waals surface area contributed by atoms with Crippen LogP contribution in [-0.2, 0) is 4.79 Å². The lowest BCUT2D eigenvalue weighted by molar-refractivity contribution is -0.115. The first-order valence-corrected chi connectivity index (χ1v) is 8.97. The first-order valence-electron chi connectivity index (χ1n) is 8.97. The molecule has 25 heavy (non-hydrogen) atoms. The number of fused-ring (bicyclic) bond motifs is 2. The number of anilines is 2. The topological polar surface area (TPSA) is 43.8 Å². The summed E-state index contributed by atoms with van der Waals surface area (Å²) in [6.45, 7) is 8.22. The Morgan fingerprint density at radius 3 is 1.96 bits per heavy atom. The zero-order valence-corrected chi connectivity index (χ0v) is 15.1. The van der Waals surface area contributed by atoms with Gasteiger partial charge in [0.2, 0.25) is 5.91 Å². The van der Waals surface area contributed by atoms with E-state index in [1.54, 1.807) is 11.8 Å². The Labute approximate surface area is 149 Å². The minimum atomic E-state index is -0.531. The molecule has 0 radical (unpaired) electrons. The summed E-state index contributed by atoms with van der Waals surface area (Å²) in [7, 11) is 0. The van der Waals surface area contributed by atoms with Gasteiger partial charge in [-0.2, -0.15) is 0 Å². The maximum atomic E-state index is 12.3. The van der Waals surface area contributed by atoms with Gasteiger partial charge >= 0.3 is 0 Å². The summed E-state index contributed by atoms with van der Waals surface area (Å²) in [5, 5.41) is 11.1. The van der Waals surface area contributed by atoms with Gasteiger partial charge in [0.1, 0.15) is 0 Å². The van der Waals surface area contributed by atoms with Gasteiger partial charge in [-0.1, -0.05) is 50.2 Å². The van der Waals surface area contributed by atoms with Crippen LogP contribution in [0, 0.1) is 0 Å². The predicted molar refractivity (Wildman–Crippen MR) is 101 cm³/mol. The highest BCUT2D eigenvalue weighted by atomic mass is 16.3. The summed E-state index contributed by atoms with van der Waals surface area (Å²) >= 11 is 0. The number of para-hydroxylation sites is 2. The van der Waals surface area contributed by atoms with Crippen LogP contribution in [-0.4, -0.2) is 41.7 Å². The van der Waals surface area contributed by atoms with Crippen LogP contribution in [0.2, 0.25) is 0 Å². The minimum absolute atomic E-state index is 0.0171. The number of carbonyl (C=O) groups is 1. The highest BCUT2D eigenvalue weighted by Gasteiger charge is 2.36. The van der Waals surface area contributed by atoms with E-state index in [4.69, 9.17) is 0 Å². The molecule has 1 aliphatic heterocycles. The Morgan fingerprint density at radius 2 is 1.52 bits per heavy atom. The fourth-order valence-corrected chi connectivity index (χ4v) is 3.81. The maximum absolute atomic E-state index is 12.3. The van der Waals surface area contributed by atoms with Crippen molar-refractivity contribution in [2.45, 2.75) is 32.8 Å². The Morgan fingerprint density at radius 1 is 1.04 bits per heavy atom. The number of rotatable bonds is 5. The van der Waals surface area contributed by atoms with Gasteiger partial charge in [0.25, 0.3) is 0 Å². The van der Waals surface area contributed by atoms with Gasteiger partial charge in [0, 0.05) is 19.4 Å². The molecule has 1 amide bonds. The van der Waals surface area contributed by atoms with E-state index >= 15 is 0 Å². The number of aliphatic hydroxyl groups is 1. The number of nitrogens with zero attached hydrogens (tertiary/aromatic N) is 2.